The molecular formula is C14H27N3O2. The van der Waals surface area contributed by atoms with E-state index in [9.17, 15) is 9.90 Å². The van der Waals surface area contributed by atoms with Gasteiger partial charge in [0, 0.05) is 32.2 Å². The molecule has 2 saturated heterocycles. The van der Waals surface area contributed by atoms with E-state index in [1.807, 2.05) is 0 Å². The number of likely N-dealkylation sites (tertiary alicyclic amines) is 2. The summed E-state index contributed by atoms with van der Waals surface area (Å²) in [6.45, 7) is 6.80. The van der Waals surface area contributed by atoms with Crippen molar-refractivity contribution < 1.29 is 9.90 Å². The Morgan fingerprint density at radius 3 is 2.63 bits per heavy atom. The summed E-state index contributed by atoms with van der Waals surface area (Å²) in [4.78, 5) is 16.3. The Morgan fingerprint density at radius 1 is 1.26 bits per heavy atom. The first-order valence-corrected chi connectivity index (χ1v) is 7.65. The fraction of sp³-hybridized carbons (Fsp3) is 0.929. The van der Waals surface area contributed by atoms with Gasteiger partial charge in [-0.3, -0.25) is 0 Å². The van der Waals surface area contributed by atoms with Crippen LogP contribution in [0.15, 0.2) is 0 Å². The SMILES string of the molecule is CCCN1CCC(NC(=O)N2CCCC(O)C2)CC1. The van der Waals surface area contributed by atoms with Gasteiger partial charge in [0.15, 0.2) is 0 Å². The van der Waals surface area contributed by atoms with Gasteiger partial charge in [-0.15, -0.1) is 0 Å². The number of nitrogens with zero attached hydrogens (tertiary/aromatic N) is 2. The Labute approximate surface area is 115 Å². The molecule has 2 heterocycles. The number of nitrogens with one attached hydrogen (secondary N) is 1. The average Bonchev–Trinajstić information content (AvgIpc) is 2.41. The first kappa shape index (κ1) is 14.6. The summed E-state index contributed by atoms with van der Waals surface area (Å²) in [7, 11) is 0. The van der Waals surface area contributed by atoms with E-state index >= 15 is 0 Å². The number of piperidine rings is 2. The quantitative estimate of drug-likeness (QED) is 0.804. The molecule has 0 aliphatic carbocycles. The van der Waals surface area contributed by atoms with Gasteiger partial charge in [0.05, 0.1) is 6.10 Å². The zero-order valence-corrected chi connectivity index (χ0v) is 12.0. The Morgan fingerprint density at radius 2 is 2.00 bits per heavy atom. The normalized spacial score (nSPS) is 26.4. The lowest BCUT2D eigenvalue weighted by molar-refractivity contribution is 0.0818. The van der Waals surface area contributed by atoms with Crippen LogP contribution >= 0.6 is 0 Å². The molecule has 110 valence electrons. The van der Waals surface area contributed by atoms with Crippen LogP contribution in [0.25, 0.3) is 0 Å². The van der Waals surface area contributed by atoms with Crippen molar-refractivity contribution in [2.45, 2.75) is 51.2 Å². The molecule has 2 aliphatic rings. The topological polar surface area (TPSA) is 55.8 Å². The third-order valence-electron chi connectivity index (χ3n) is 4.14. The summed E-state index contributed by atoms with van der Waals surface area (Å²) in [5.41, 5.74) is 0. The summed E-state index contributed by atoms with van der Waals surface area (Å²) < 4.78 is 0. The van der Waals surface area contributed by atoms with E-state index in [1.165, 1.54) is 13.0 Å². The molecule has 0 bridgehead atoms. The van der Waals surface area contributed by atoms with E-state index in [0.29, 0.717) is 12.6 Å². The summed E-state index contributed by atoms with van der Waals surface area (Å²) in [6, 6.07) is 0.312. The molecule has 19 heavy (non-hydrogen) atoms. The van der Waals surface area contributed by atoms with Gasteiger partial charge >= 0.3 is 6.03 Å². The van der Waals surface area contributed by atoms with Crippen LogP contribution in [0.4, 0.5) is 4.79 Å². The summed E-state index contributed by atoms with van der Waals surface area (Å²) in [5, 5.41) is 12.7. The van der Waals surface area contributed by atoms with Gasteiger partial charge in [-0.05, 0) is 38.6 Å². The standard InChI is InChI=1S/C14H27N3O2/c1-2-7-16-9-5-12(6-10-16)15-14(19)17-8-3-4-13(18)11-17/h12-13,18H,2-11H2,1H3,(H,15,19). The van der Waals surface area contributed by atoms with Crippen LogP contribution < -0.4 is 5.32 Å². The Balaban J connectivity index is 1.71. The number of carbonyl (C=O) groups excluding carboxylic acids is 1. The van der Waals surface area contributed by atoms with Crippen molar-refractivity contribution in [1.29, 1.82) is 0 Å². The highest BCUT2D eigenvalue weighted by atomic mass is 16.3. The predicted octanol–water partition coefficient (Wildman–Crippen LogP) is 1.03. The van der Waals surface area contributed by atoms with Crippen molar-refractivity contribution in [2.75, 3.05) is 32.7 Å². The minimum Gasteiger partial charge on any atom is -0.391 e. The molecule has 5 heteroatoms. The molecule has 0 radical (unpaired) electrons. The summed E-state index contributed by atoms with van der Waals surface area (Å²) in [6.07, 6.45) is 4.67. The van der Waals surface area contributed by atoms with Crippen LogP contribution in [0, 0.1) is 0 Å². The highest BCUT2D eigenvalue weighted by molar-refractivity contribution is 5.74. The molecule has 1 unspecified atom stereocenters. The number of aliphatic hydroxyl groups excluding tert-OH is 1. The van der Waals surface area contributed by atoms with Crippen LogP contribution in [0.2, 0.25) is 0 Å². The molecule has 0 spiro atoms. The van der Waals surface area contributed by atoms with E-state index in [4.69, 9.17) is 0 Å². The van der Waals surface area contributed by atoms with Gasteiger partial charge in [-0.1, -0.05) is 6.92 Å². The predicted molar refractivity (Wildman–Crippen MR) is 75.1 cm³/mol. The van der Waals surface area contributed by atoms with Crippen LogP contribution in [0.3, 0.4) is 0 Å². The lowest BCUT2D eigenvalue weighted by Crippen LogP contribution is -2.52. The first-order valence-electron chi connectivity index (χ1n) is 7.65. The Bertz CT molecular complexity index is 290. The average molecular weight is 269 g/mol. The zero-order chi connectivity index (χ0) is 13.7. The van der Waals surface area contributed by atoms with Crippen molar-refractivity contribution in [3.8, 4) is 0 Å². The number of hydrogen-bond donors (Lipinski definition) is 2. The number of hydrogen-bond acceptors (Lipinski definition) is 3. The van der Waals surface area contributed by atoms with Crippen molar-refractivity contribution in [3.05, 3.63) is 0 Å². The highest BCUT2D eigenvalue weighted by Crippen LogP contribution is 2.13. The number of aliphatic hydroxyl groups is 1. The number of carbonyl (C=O) groups is 1. The molecule has 2 N–H and O–H groups in total. The second kappa shape index (κ2) is 7.10. The molecule has 1 atom stereocenters. The van der Waals surface area contributed by atoms with Crippen molar-refractivity contribution in [3.63, 3.8) is 0 Å². The van der Waals surface area contributed by atoms with Crippen LogP contribution in [-0.2, 0) is 0 Å². The van der Waals surface area contributed by atoms with Gasteiger partial charge in [-0.2, -0.15) is 0 Å². The highest BCUT2D eigenvalue weighted by Gasteiger charge is 2.25. The molecule has 5 nitrogen and oxygen atoms in total. The maximum atomic E-state index is 12.1. The molecular weight excluding hydrogens is 242 g/mol. The lowest BCUT2D eigenvalue weighted by atomic mass is 10.0. The monoisotopic (exact) mass is 269 g/mol. The van der Waals surface area contributed by atoms with Gasteiger partial charge in [0.1, 0.15) is 0 Å². The second-order valence-electron chi connectivity index (χ2n) is 5.81. The fourth-order valence-corrected chi connectivity index (χ4v) is 3.02. The van der Waals surface area contributed by atoms with E-state index in [2.05, 4.69) is 17.1 Å². The number of urea groups is 1. The van der Waals surface area contributed by atoms with Crippen molar-refractivity contribution >= 4 is 6.03 Å². The largest absolute Gasteiger partial charge is 0.391 e. The van der Waals surface area contributed by atoms with Crippen LogP contribution in [0.5, 0.6) is 0 Å². The third kappa shape index (κ3) is 4.35. The lowest BCUT2D eigenvalue weighted by Gasteiger charge is -2.35. The first-order chi connectivity index (χ1) is 9.19. The molecule has 2 rings (SSSR count). The van der Waals surface area contributed by atoms with Crippen LogP contribution in [0.1, 0.15) is 39.0 Å². The van der Waals surface area contributed by atoms with Crippen molar-refractivity contribution in [2.24, 2.45) is 0 Å². The molecule has 0 aromatic carbocycles. The maximum absolute atomic E-state index is 12.1. The van der Waals surface area contributed by atoms with Crippen molar-refractivity contribution in [1.82, 2.24) is 15.1 Å². The maximum Gasteiger partial charge on any atom is 0.317 e. The van der Waals surface area contributed by atoms with Gasteiger partial charge in [0.25, 0.3) is 0 Å². The second-order valence-corrected chi connectivity index (χ2v) is 5.81. The van der Waals surface area contributed by atoms with E-state index in [0.717, 1.165) is 45.3 Å². The minimum atomic E-state index is -0.342. The van der Waals surface area contributed by atoms with E-state index in [1.54, 1.807) is 4.90 Å². The molecule has 2 amide bonds. The minimum absolute atomic E-state index is 0.00712. The zero-order valence-electron chi connectivity index (χ0n) is 12.0. The molecule has 0 aromatic heterocycles. The number of amides is 2. The fourth-order valence-electron chi connectivity index (χ4n) is 3.02. The number of β-amino-alcohol motifs (C(OH)–C–C–N with tert-alkyl or cyclic N) is 1. The number of rotatable bonds is 3. The van der Waals surface area contributed by atoms with Gasteiger partial charge < -0.3 is 20.2 Å². The van der Waals surface area contributed by atoms with Crippen LogP contribution in [-0.4, -0.2) is 65.8 Å². The Kier molecular flexibility index (Phi) is 5.45. The molecule has 2 aliphatic heterocycles. The molecule has 2 fully saturated rings. The van der Waals surface area contributed by atoms with E-state index in [-0.39, 0.29) is 12.1 Å². The smallest absolute Gasteiger partial charge is 0.317 e. The molecule has 0 aromatic rings. The van der Waals surface area contributed by atoms with Gasteiger partial charge in [0.2, 0.25) is 0 Å². The summed E-state index contributed by atoms with van der Waals surface area (Å²) in [5.74, 6) is 0. The third-order valence-corrected chi connectivity index (χ3v) is 4.14. The van der Waals surface area contributed by atoms with Gasteiger partial charge in [-0.25, -0.2) is 4.79 Å². The van der Waals surface area contributed by atoms with E-state index < -0.39 is 0 Å². The molecule has 0 saturated carbocycles. The Hall–Kier alpha value is -0.810. The summed E-state index contributed by atoms with van der Waals surface area (Å²) >= 11 is 0.